The van der Waals surface area contributed by atoms with Gasteiger partial charge < -0.3 is 0 Å². The second-order valence-electron chi connectivity index (χ2n) is 28.2. The van der Waals surface area contributed by atoms with Crippen molar-refractivity contribution in [1.29, 1.82) is 0 Å². The first-order valence-electron chi connectivity index (χ1n) is 39.7. The van der Waals surface area contributed by atoms with Crippen molar-refractivity contribution in [3.8, 4) is 0 Å². The van der Waals surface area contributed by atoms with Crippen LogP contribution in [0.4, 0.5) is 0 Å². The normalized spacial score (nSPS) is 12.6. The molecule has 2 atom stereocenters. The summed E-state index contributed by atoms with van der Waals surface area (Å²) in [6.45, 7) is 9.52. The van der Waals surface area contributed by atoms with E-state index in [4.69, 9.17) is 0 Å². The first kappa shape index (κ1) is 80.0. The summed E-state index contributed by atoms with van der Waals surface area (Å²) in [6.07, 6.45) is 110. The van der Waals surface area contributed by atoms with Crippen LogP contribution in [-0.2, 0) is 0 Å². The van der Waals surface area contributed by atoms with E-state index >= 15 is 0 Å². The van der Waals surface area contributed by atoms with Crippen LogP contribution in [-0.4, -0.2) is 0 Å². The summed E-state index contributed by atoms with van der Waals surface area (Å²) in [5.74, 6) is 1.98. The Labute approximate surface area is 512 Å². The van der Waals surface area contributed by atoms with E-state index in [0.29, 0.717) is 0 Å². The molecule has 0 heterocycles. The minimum Gasteiger partial charge on any atom is -0.0654 e. The molecule has 0 amide bonds. The highest BCUT2D eigenvalue weighted by molar-refractivity contribution is 4.64. The molecular weight excluding hydrogens is 961 g/mol. The smallest absolute Gasteiger partial charge is 0.0414 e. The second-order valence-corrected chi connectivity index (χ2v) is 28.2. The summed E-state index contributed by atoms with van der Waals surface area (Å²) in [7, 11) is 0. The Hall–Kier alpha value is 0. The standard InChI is InChI=1S/C80H162/c1-5-8-11-14-17-20-23-26-29-32-34-36-37-38-39-41-43-46-49-52-55-58-61-67-72-77-80(76-71-66-60-57-54-51-48-45-42-40-35-33-30-27-24-21-18-15-12-9-6-2)78-73-68-63-62-65-70-75-79(4)74-69-64-59-56-53-50-47-44-31-28-25-22-19-16-13-10-7-3/h79-80H,5-78H2,1-4H3. The molecule has 0 aromatic rings. The molecule has 0 heteroatoms. The van der Waals surface area contributed by atoms with Crippen molar-refractivity contribution in [2.75, 3.05) is 0 Å². The zero-order valence-electron chi connectivity index (χ0n) is 57.5. The Morgan fingerprint density at radius 3 is 0.350 bits per heavy atom. The van der Waals surface area contributed by atoms with Gasteiger partial charge in [-0.3, -0.25) is 0 Å². The Bertz CT molecular complexity index is 1010. The zero-order valence-corrected chi connectivity index (χ0v) is 57.5. The van der Waals surface area contributed by atoms with Gasteiger partial charge in [-0.05, 0) is 11.8 Å². The van der Waals surface area contributed by atoms with Gasteiger partial charge in [0.2, 0.25) is 0 Å². The van der Waals surface area contributed by atoms with E-state index in [1.54, 1.807) is 0 Å². The summed E-state index contributed by atoms with van der Waals surface area (Å²) < 4.78 is 0. The maximum absolute atomic E-state index is 2.55. The van der Waals surface area contributed by atoms with E-state index in [1.807, 2.05) is 0 Å². The molecule has 0 N–H and O–H groups in total. The quantitative estimate of drug-likeness (QED) is 0.0533. The monoisotopic (exact) mass is 1120 g/mol. The lowest BCUT2D eigenvalue weighted by Gasteiger charge is -2.17. The average Bonchev–Trinajstić information content (AvgIpc) is 3.46. The molecule has 2 unspecified atom stereocenters. The summed E-state index contributed by atoms with van der Waals surface area (Å²) in [6, 6.07) is 0. The van der Waals surface area contributed by atoms with Crippen LogP contribution in [0.2, 0.25) is 0 Å². The Morgan fingerprint density at radius 1 is 0.125 bits per heavy atom. The Morgan fingerprint density at radius 2 is 0.225 bits per heavy atom. The highest BCUT2D eigenvalue weighted by Gasteiger charge is 2.10. The maximum Gasteiger partial charge on any atom is -0.0414 e. The molecule has 482 valence electrons. The minimum atomic E-state index is 0.953. The van der Waals surface area contributed by atoms with Gasteiger partial charge in [-0.25, -0.2) is 0 Å². The molecule has 80 heavy (non-hydrogen) atoms. The van der Waals surface area contributed by atoms with E-state index in [9.17, 15) is 0 Å². The third kappa shape index (κ3) is 72.3. The molecular formula is C80H162. The fourth-order valence-corrected chi connectivity index (χ4v) is 13.9. The van der Waals surface area contributed by atoms with Crippen LogP contribution in [0.15, 0.2) is 0 Å². The molecule has 0 saturated heterocycles. The molecule has 0 radical (unpaired) electrons. The van der Waals surface area contributed by atoms with Gasteiger partial charge in [0.05, 0.1) is 0 Å². The first-order chi connectivity index (χ1) is 39.7. The average molecular weight is 1120 g/mol. The highest BCUT2D eigenvalue weighted by atomic mass is 14.2. The van der Waals surface area contributed by atoms with Gasteiger partial charge in [0.15, 0.2) is 0 Å². The molecule has 0 aromatic carbocycles. The molecule has 0 bridgehead atoms. The summed E-state index contributed by atoms with van der Waals surface area (Å²) in [4.78, 5) is 0. The molecule has 0 aromatic heterocycles. The molecule has 0 aliphatic carbocycles. The van der Waals surface area contributed by atoms with Crippen molar-refractivity contribution < 1.29 is 0 Å². The summed E-state index contributed by atoms with van der Waals surface area (Å²) in [5, 5.41) is 0. The summed E-state index contributed by atoms with van der Waals surface area (Å²) >= 11 is 0. The molecule has 0 saturated carbocycles. The minimum absolute atomic E-state index is 0.953. The molecule has 0 fully saturated rings. The van der Waals surface area contributed by atoms with Gasteiger partial charge in [0.1, 0.15) is 0 Å². The predicted octanol–water partition coefficient (Wildman–Crippen LogP) is 31.2. The van der Waals surface area contributed by atoms with Crippen molar-refractivity contribution in [3.05, 3.63) is 0 Å². The van der Waals surface area contributed by atoms with Crippen LogP contribution in [0.1, 0.15) is 503 Å². The van der Waals surface area contributed by atoms with Gasteiger partial charge in [0.25, 0.3) is 0 Å². The van der Waals surface area contributed by atoms with Crippen LogP contribution in [0.25, 0.3) is 0 Å². The molecule has 0 aliphatic heterocycles. The van der Waals surface area contributed by atoms with Crippen LogP contribution in [0.3, 0.4) is 0 Å². The lowest BCUT2D eigenvalue weighted by Crippen LogP contribution is -2.02. The lowest BCUT2D eigenvalue weighted by molar-refractivity contribution is 0.364. The van der Waals surface area contributed by atoms with Crippen molar-refractivity contribution in [1.82, 2.24) is 0 Å². The number of rotatable bonds is 75. The maximum atomic E-state index is 2.55. The SMILES string of the molecule is CCCCCCCCCCCCCCCCCCCCCCCCCCCC(CCCCCCCCCCCCCCCCCCCCCCC)CCCCCCCCC(C)CCCCCCCCCCCCCCCCCCC. The molecule has 0 spiro atoms. The van der Waals surface area contributed by atoms with E-state index in [0.717, 1.165) is 11.8 Å². The Balaban J connectivity index is 4.05. The third-order valence-electron chi connectivity index (χ3n) is 19.8. The van der Waals surface area contributed by atoms with Crippen LogP contribution in [0, 0.1) is 11.8 Å². The van der Waals surface area contributed by atoms with Crippen LogP contribution in [0.5, 0.6) is 0 Å². The van der Waals surface area contributed by atoms with Gasteiger partial charge in [0, 0.05) is 0 Å². The van der Waals surface area contributed by atoms with Crippen molar-refractivity contribution in [2.24, 2.45) is 11.8 Å². The summed E-state index contributed by atoms with van der Waals surface area (Å²) in [5.41, 5.74) is 0. The molecule has 0 rings (SSSR count). The van der Waals surface area contributed by atoms with Crippen molar-refractivity contribution in [2.45, 2.75) is 503 Å². The topological polar surface area (TPSA) is 0 Å². The zero-order chi connectivity index (χ0) is 57.5. The largest absolute Gasteiger partial charge is 0.0654 e. The van der Waals surface area contributed by atoms with E-state index in [2.05, 4.69) is 27.7 Å². The Kier molecular flexibility index (Phi) is 75.1. The van der Waals surface area contributed by atoms with Crippen LogP contribution >= 0.6 is 0 Å². The van der Waals surface area contributed by atoms with Gasteiger partial charge in [-0.2, -0.15) is 0 Å². The highest BCUT2D eigenvalue weighted by Crippen LogP contribution is 2.27. The van der Waals surface area contributed by atoms with Gasteiger partial charge in [-0.15, -0.1) is 0 Å². The predicted molar refractivity (Wildman–Crippen MR) is 371 cm³/mol. The number of unbranched alkanes of at least 4 members (excludes halogenated alkanes) is 65. The van der Waals surface area contributed by atoms with E-state index in [-0.39, 0.29) is 0 Å². The third-order valence-corrected chi connectivity index (χ3v) is 19.8. The lowest BCUT2D eigenvalue weighted by atomic mass is 9.89. The number of hydrogen-bond acceptors (Lipinski definition) is 0. The van der Waals surface area contributed by atoms with Crippen molar-refractivity contribution in [3.63, 3.8) is 0 Å². The fraction of sp³-hybridized carbons (Fsp3) is 1.00. The van der Waals surface area contributed by atoms with Gasteiger partial charge >= 0.3 is 0 Å². The van der Waals surface area contributed by atoms with Crippen LogP contribution < -0.4 is 0 Å². The number of hydrogen-bond donors (Lipinski definition) is 0. The molecule has 0 nitrogen and oxygen atoms in total. The van der Waals surface area contributed by atoms with E-state index < -0.39 is 0 Å². The van der Waals surface area contributed by atoms with Gasteiger partial charge in [-0.1, -0.05) is 503 Å². The van der Waals surface area contributed by atoms with E-state index in [1.165, 1.54) is 475 Å². The molecule has 0 aliphatic rings. The van der Waals surface area contributed by atoms with Crippen molar-refractivity contribution >= 4 is 0 Å². The first-order valence-corrected chi connectivity index (χ1v) is 39.7. The fourth-order valence-electron chi connectivity index (χ4n) is 13.9. The second kappa shape index (κ2) is 75.1.